The molecule has 0 spiro atoms. The van der Waals surface area contributed by atoms with Gasteiger partial charge in [0, 0.05) is 44.5 Å². The van der Waals surface area contributed by atoms with Gasteiger partial charge < -0.3 is 19.9 Å². The summed E-state index contributed by atoms with van der Waals surface area (Å²) >= 11 is 0. The first kappa shape index (κ1) is 20.7. The van der Waals surface area contributed by atoms with E-state index in [4.69, 9.17) is 4.74 Å². The fourth-order valence-corrected chi connectivity index (χ4v) is 3.66. The topological polar surface area (TPSA) is 62.6 Å². The van der Waals surface area contributed by atoms with E-state index in [1.165, 1.54) is 19.3 Å². The monoisotopic (exact) mass is 365 g/mol. The number of carbonyl (C=O) groups excluding carboxylic acids is 1. The zero-order chi connectivity index (χ0) is 19.1. The number of piperidine rings is 1. The maximum absolute atomic E-state index is 12.7. The molecular weight excluding hydrogens is 330 g/mol. The number of hydrogen-bond donors (Lipinski definition) is 1. The number of rotatable bonds is 8. The first-order valence-electron chi connectivity index (χ1n) is 9.65. The van der Waals surface area contributed by atoms with Gasteiger partial charge in [-0.15, -0.1) is 0 Å². The van der Waals surface area contributed by atoms with Gasteiger partial charge in [-0.1, -0.05) is 6.42 Å². The summed E-state index contributed by atoms with van der Waals surface area (Å²) in [4.78, 5) is 17.0. The Labute approximate surface area is 157 Å². The van der Waals surface area contributed by atoms with E-state index in [9.17, 15) is 4.79 Å². The molecule has 1 aromatic rings. The van der Waals surface area contributed by atoms with Gasteiger partial charge in [0.2, 0.25) is 0 Å². The lowest BCUT2D eigenvalue weighted by molar-refractivity contribution is 0.144. The van der Waals surface area contributed by atoms with E-state index in [0.29, 0.717) is 32.3 Å². The normalized spacial score (nSPS) is 18.1. The third-order valence-corrected chi connectivity index (χ3v) is 5.54. The Morgan fingerprint density at radius 3 is 2.73 bits per heavy atom. The zero-order valence-corrected chi connectivity index (χ0v) is 17.0. The van der Waals surface area contributed by atoms with Crippen molar-refractivity contribution in [2.45, 2.75) is 52.1 Å². The summed E-state index contributed by atoms with van der Waals surface area (Å²) in [5, 5.41) is 7.56. The molecular formula is C19H35N5O2. The highest BCUT2D eigenvalue weighted by atomic mass is 16.5. The summed E-state index contributed by atoms with van der Waals surface area (Å²) in [6, 6.07) is 0.558. The lowest BCUT2D eigenvalue weighted by atomic mass is 10.0. The van der Waals surface area contributed by atoms with Crippen molar-refractivity contribution in [3.63, 3.8) is 0 Å². The number of likely N-dealkylation sites (tertiary alicyclic amines) is 1. The number of aromatic nitrogens is 2. The molecule has 2 rings (SSSR count). The van der Waals surface area contributed by atoms with E-state index in [0.717, 1.165) is 29.9 Å². The van der Waals surface area contributed by atoms with Crippen LogP contribution in [0.5, 0.6) is 0 Å². The largest absolute Gasteiger partial charge is 0.383 e. The number of carbonyl (C=O) groups is 1. The second kappa shape index (κ2) is 9.92. The van der Waals surface area contributed by atoms with Gasteiger partial charge in [-0.2, -0.15) is 5.10 Å². The van der Waals surface area contributed by atoms with Crippen LogP contribution in [0.15, 0.2) is 0 Å². The van der Waals surface area contributed by atoms with Crippen LogP contribution in [-0.4, -0.2) is 72.1 Å². The summed E-state index contributed by atoms with van der Waals surface area (Å²) in [6.45, 7) is 7.56. The number of urea groups is 1. The lowest BCUT2D eigenvalue weighted by Crippen LogP contribution is -2.44. The molecule has 0 unspecified atom stereocenters. The van der Waals surface area contributed by atoms with E-state index in [1.807, 2.05) is 30.5 Å². The van der Waals surface area contributed by atoms with Gasteiger partial charge in [-0.05, 0) is 46.7 Å². The predicted octanol–water partition coefficient (Wildman–Crippen LogP) is 2.07. The minimum Gasteiger partial charge on any atom is -0.383 e. The second-order valence-corrected chi connectivity index (χ2v) is 7.34. The molecule has 1 saturated heterocycles. The van der Waals surface area contributed by atoms with E-state index in [1.54, 1.807) is 7.11 Å². The van der Waals surface area contributed by atoms with E-state index < -0.39 is 0 Å². The van der Waals surface area contributed by atoms with Crippen molar-refractivity contribution >= 4 is 6.03 Å². The molecule has 1 aliphatic heterocycles. The number of amides is 2. The standard InChI is InChI=1S/C19H35N5O2/c1-15-18(16(2)23(4)21-15)14-24(12-13-26-5)19(25)20-10-9-17-8-6-7-11-22(17)3/h17H,6-14H2,1-5H3,(H,20,25)/t17-/m0/s1. The first-order valence-corrected chi connectivity index (χ1v) is 9.65. The third kappa shape index (κ3) is 5.45. The third-order valence-electron chi connectivity index (χ3n) is 5.54. The molecule has 0 saturated carbocycles. The lowest BCUT2D eigenvalue weighted by Gasteiger charge is -2.32. The molecule has 2 amide bonds. The molecule has 1 aromatic heterocycles. The van der Waals surface area contributed by atoms with Crippen molar-refractivity contribution in [3.05, 3.63) is 17.0 Å². The molecule has 1 aliphatic rings. The van der Waals surface area contributed by atoms with Crippen molar-refractivity contribution in [1.29, 1.82) is 0 Å². The van der Waals surface area contributed by atoms with Crippen LogP contribution in [0.2, 0.25) is 0 Å². The van der Waals surface area contributed by atoms with Crippen LogP contribution in [0.3, 0.4) is 0 Å². The second-order valence-electron chi connectivity index (χ2n) is 7.34. The Bertz CT molecular complexity index is 587. The van der Waals surface area contributed by atoms with Gasteiger partial charge in [0.15, 0.2) is 0 Å². The molecule has 7 nitrogen and oxygen atoms in total. The average molecular weight is 366 g/mol. The summed E-state index contributed by atoms with van der Waals surface area (Å²) in [5.41, 5.74) is 3.19. The van der Waals surface area contributed by atoms with Gasteiger partial charge in [-0.3, -0.25) is 4.68 Å². The molecule has 0 aromatic carbocycles. The molecule has 0 aliphatic carbocycles. The summed E-state index contributed by atoms with van der Waals surface area (Å²) in [6.07, 6.45) is 4.82. The van der Waals surface area contributed by atoms with Crippen molar-refractivity contribution in [1.82, 2.24) is 24.9 Å². The highest BCUT2D eigenvalue weighted by Crippen LogP contribution is 2.17. The Kier molecular flexibility index (Phi) is 7.90. The molecule has 1 fully saturated rings. The number of nitrogens with zero attached hydrogens (tertiary/aromatic N) is 4. The van der Waals surface area contributed by atoms with Crippen molar-refractivity contribution < 1.29 is 9.53 Å². The summed E-state index contributed by atoms with van der Waals surface area (Å²) in [5.74, 6) is 0. The summed E-state index contributed by atoms with van der Waals surface area (Å²) < 4.78 is 7.06. The maximum Gasteiger partial charge on any atom is 0.317 e. The van der Waals surface area contributed by atoms with Gasteiger partial charge in [-0.25, -0.2) is 4.79 Å². The minimum atomic E-state index is -0.0248. The fraction of sp³-hybridized carbons (Fsp3) is 0.789. The molecule has 7 heteroatoms. The average Bonchev–Trinajstić information content (AvgIpc) is 2.85. The highest BCUT2D eigenvalue weighted by Gasteiger charge is 2.21. The number of nitrogens with one attached hydrogen (secondary N) is 1. The van der Waals surface area contributed by atoms with Crippen LogP contribution < -0.4 is 5.32 Å². The molecule has 1 atom stereocenters. The van der Waals surface area contributed by atoms with Crippen LogP contribution in [0, 0.1) is 13.8 Å². The molecule has 2 heterocycles. The summed E-state index contributed by atoms with van der Waals surface area (Å²) in [7, 11) is 5.78. The van der Waals surface area contributed by atoms with Crippen LogP contribution in [-0.2, 0) is 18.3 Å². The molecule has 0 radical (unpaired) electrons. The number of ether oxygens (including phenoxy) is 1. The Morgan fingerprint density at radius 2 is 2.12 bits per heavy atom. The fourth-order valence-electron chi connectivity index (χ4n) is 3.66. The SMILES string of the molecule is COCCN(Cc1c(C)nn(C)c1C)C(=O)NCC[C@@H]1CCCCN1C. The van der Waals surface area contributed by atoms with Gasteiger partial charge in [0.05, 0.1) is 18.8 Å². The van der Waals surface area contributed by atoms with Gasteiger partial charge >= 0.3 is 6.03 Å². The highest BCUT2D eigenvalue weighted by molar-refractivity contribution is 5.74. The predicted molar refractivity (Wildman–Crippen MR) is 103 cm³/mol. The number of methoxy groups -OCH3 is 1. The van der Waals surface area contributed by atoms with E-state index in [-0.39, 0.29) is 6.03 Å². The van der Waals surface area contributed by atoms with Crippen molar-refractivity contribution in [2.24, 2.45) is 7.05 Å². The first-order chi connectivity index (χ1) is 12.4. The Hall–Kier alpha value is -1.60. The van der Waals surface area contributed by atoms with Gasteiger partial charge in [0.25, 0.3) is 0 Å². The molecule has 26 heavy (non-hydrogen) atoms. The van der Waals surface area contributed by atoms with Crippen LogP contribution in [0.4, 0.5) is 4.79 Å². The van der Waals surface area contributed by atoms with Gasteiger partial charge in [0.1, 0.15) is 0 Å². The van der Waals surface area contributed by atoms with E-state index >= 15 is 0 Å². The van der Waals surface area contributed by atoms with Crippen LogP contribution >= 0.6 is 0 Å². The molecule has 1 N–H and O–H groups in total. The van der Waals surface area contributed by atoms with E-state index in [2.05, 4.69) is 22.4 Å². The smallest absolute Gasteiger partial charge is 0.317 e. The number of hydrogen-bond acceptors (Lipinski definition) is 4. The molecule has 148 valence electrons. The maximum atomic E-state index is 12.7. The van der Waals surface area contributed by atoms with Crippen LogP contribution in [0.25, 0.3) is 0 Å². The Balaban J connectivity index is 1.91. The quantitative estimate of drug-likeness (QED) is 0.766. The van der Waals surface area contributed by atoms with Crippen molar-refractivity contribution in [2.75, 3.05) is 40.4 Å². The molecule has 0 bridgehead atoms. The Morgan fingerprint density at radius 1 is 1.35 bits per heavy atom. The van der Waals surface area contributed by atoms with Crippen molar-refractivity contribution in [3.8, 4) is 0 Å². The van der Waals surface area contributed by atoms with Crippen LogP contribution in [0.1, 0.15) is 42.6 Å². The minimum absolute atomic E-state index is 0.0248. The zero-order valence-electron chi connectivity index (χ0n) is 17.0. The number of aryl methyl sites for hydroxylation is 2.